The second-order valence-electron chi connectivity index (χ2n) is 6.65. The van der Waals surface area contributed by atoms with Crippen molar-refractivity contribution in [1.82, 2.24) is 4.90 Å². The highest BCUT2D eigenvalue weighted by atomic mass is 16.5. The first-order valence-electron chi connectivity index (χ1n) is 8.01. The standard InChI is InChI=1S/C18H19NO5/c1-10(11-3-5-12(23-2)6-4-11)19-9-18-8-7-13(24-18)14(17(21)22)15(18)16(19)20/h3-8,10,13-15H,9H2,1-2H3,(H,21,22)/t10-,13-,14+,15+,18-/m1/s1. The van der Waals surface area contributed by atoms with Crippen LogP contribution >= 0.6 is 0 Å². The van der Waals surface area contributed by atoms with Gasteiger partial charge in [0.2, 0.25) is 5.91 Å². The van der Waals surface area contributed by atoms with Gasteiger partial charge in [-0.05, 0) is 24.6 Å². The van der Waals surface area contributed by atoms with E-state index >= 15 is 0 Å². The van der Waals surface area contributed by atoms with Crippen molar-refractivity contribution in [2.45, 2.75) is 24.7 Å². The van der Waals surface area contributed by atoms with Gasteiger partial charge in [-0.2, -0.15) is 0 Å². The molecule has 0 radical (unpaired) electrons. The van der Waals surface area contributed by atoms with Crippen molar-refractivity contribution in [3.63, 3.8) is 0 Å². The number of likely N-dealkylation sites (tertiary alicyclic amines) is 1. The minimum Gasteiger partial charge on any atom is -0.497 e. The zero-order valence-corrected chi connectivity index (χ0v) is 13.5. The van der Waals surface area contributed by atoms with Crippen molar-refractivity contribution in [1.29, 1.82) is 0 Å². The molecule has 5 atom stereocenters. The maximum absolute atomic E-state index is 12.9. The molecule has 1 N–H and O–H groups in total. The molecule has 0 unspecified atom stereocenters. The van der Waals surface area contributed by atoms with Crippen molar-refractivity contribution >= 4 is 11.9 Å². The van der Waals surface area contributed by atoms with Gasteiger partial charge in [0.05, 0.1) is 31.7 Å². The first-order valence-corrected chi connectivity index (χ1v) is 8.01. The lowest BCUT2D eigenvalue weighted by Crippen LogP contribution is -2.39. The molecule has 4 rings (SSSR count). The van der Waals surface area contributed by atoms with Crippen LogP contribution in [0.1, 0.15) is 18.5 Å². The number of carbonyl (C=O) groups excluding carboxylic acids is 1. The molecule has 6 nitrogen and oxygen atoms in total. The maximum atomic E-state index is 12.9. The Labute approximate surface area is 139 Å². The zero-order valence-electron chi connectivity index (χ0n) is 13.5. The molecule has 24 heavy (non-hydrogen) atoms. The molecule has 1 aromatic carbocycles. The molecule has 3 aliphatic heterocycles. The summed E-state index contributed by atoms with van der Waals surface area (Å²) < 4.78 is 11.1. The van der Waals surface area contributed by atoms with Crippen LogP contribution in [0.15, 0.2) is 36.4 Å². The van der Waals surface area contributed by atoms with E-state index in [1.54, 1.807) is 18.1 Å². The number of methoxy groups -OCH3 is 1. The van der Waals surface area contributed by atoms with E-state index in [9.17, 15) is 14.7 Å². The van der Waals surface area contributed by atoms with Gasteiger partial charge < -0.3 is 19.5 Å². The SMILES string of the molecule is COc1ccc([C@@H](C)N2C[C@@]34C=C[C@@H](O3)[C@H](C(=O)O)[C@H]4C2=O)cc1. The molecule has 0 saturated carbocycles. The van der Waals surface area contributed by atoms with Crippen molar-refractivity contribution in [3.05, 3.63) is 42.0 Å². The number of carbonyl (C=O) groups is 2. The summed E-state index contributed by atoms with van der Waals surface area (Å²) in [5.74, 6) is -1.78. The molecule has 2 fully saturated rings. The third-order valence-corrected chi connectivity index (χ3v) is 5.48. The highest BCUT2D eigenvalue weighted by molar-refractivity contribution is 5.91. The number of carboxylic acid groups (broad SMARTS) is 1. The number of benzene rings is 1. The lowest BCUT2D eigenvalue weighted by Gasteiger charge is -2.27. The third-order valence-electron chi connectivity index (χ3n) is 5.48. The van der Waals surface area contributed by atoms with Crippen LogP contribution in [-0.2, 0) is 14.3 Å². The fourth-order valence-corrected chi connectivity index (χ4v) is 4.20. The average Bonchev–Trinajstić information content (AvgIpc) is 3.22. The van der Waals surface area contributed by atoms with E-state index < -0.39 is 29.5 Å². The smallest absolute Gasteiger partial charge is 0.310 e. The van der Waals surface area contributed by atoms with Gasteiger partial charge in [-0.25, -0.2) is 0 Å². The topological polar surface area (TPSA) is 76.1 Å². The number of rotatable bonds is 4. The fourth-order valence-electron chi connectivity index (χ4n) is 4.20. The summed E-state index contributed by atoms with van der Waals surface area (Å²) in [6, 6.07) is 7.39. The molecule has 0 aromatic heterocycles. The summed E-state index contributed by atoms with van der Waals surface area (Å²) in [4.78, 5) is 26.3. The van der Waals surface area contributed by atoms with Gasteiger partial charge >= 0.3 is 5.97 Å². The predicted molar refractivity (Wildman–Crippen MR) is 84.5 cm³/mol. The number of aliphatic carboxylic acids is 1. The molecule has 126 valence electrons. The van der Waals surface area contributed by atoms with Crippen molar-refractivity contribution < 1.29 is 24.2 Å². The van der Waals surface area contributed by atoms with E-state index in [0.29, 0.717) is 6.54 Å². The van der Waals surface area contributed by atoms with Gasteiger partial charge in [-0.3, -0.25) is 9.59 Å². The molecule has 1 aromatic rings. The van der Waals surface area contributed by atoms with Gasteiger partial charge in [0.15, 0.2) is 0 Å². The number of hydrogen-bond acceptors (Lipinski definition) is 4. The Hall–Kier alpha value is -2.34. The van der Waals surface area contributed by atoms with Crippen LogP contribution in [0.25, 0.3) is 0 Å². The second-order valence-corrected chi connectivity index (χ2v) is 6.65. The van der Waals surface area contributed by atoms with Crippen LogP contribution in [0.4, 0.5) is 0 Å². The van der Waals surface area contributed by atoms with E-state index in [1.165, 1.54) is 0 Å². The van der Waals surface area contributed by atoms with Crippen LogP contribution < -0.4 is 4.74 Å². The number of ether oxygens (including phenoxy) is 2. The minimum absolute atomic E-state index is 0.141. The number of amides is 1. The monoisotopic (exact) mass is 329 g/mol. The fraction of sp³-hybridized carbons (Fsp3) is 0.444. The number of nitrogens with zero attached hydrogens (tertiary/aromatic N) is 1. The molecular weight excluding hydrogens is 310 g/mol. The highest BCUT2D eigenvalue weighted by Gasteiger charge is 2.67. The Morgan fingerprint density at radius 2 is 2.12 bits per heavy atom. The molecule has 6 heteroatoms. The molecular formula is C18H19NO5. The molecule has 3 heterocycles. The Bertz CT molecular complexity index is 727. The van der Waals surface area contributed by atoms with E-state index in [4.69, 9.17) is 9.47 Å². The quantitative estimate of drug-likeness (QED) is 0.850. The molecule has 1 amide bonds. The summed E-state index contributed by atoms with van der Waals surface area (Å²) in [7, 11) is 1.61. The lowest BCUT2D eigenvalue weighted by molar-refractivity contribution is -0.148. The predicted octanol–water partition coefficient (Wildman–Crippen LogP) is 1.62. The normalized spacial score (nSPS) is 34.5. The van der Waals surface area contributed by atoms with Gasteiger partial charge in [-0.15, -0.1) is 0 Å². The molecule has 1 spiro atoms. The van der Waals surface area contributed by atoms with E-state index in [2.05, 4.69) is 0 Å². The van der Waals surface area contributed by atoms with Crippen molar-refractivity contribution in [2.75, 3.05) is 13.7 Å². The second kappa shape index (κ2) is 5.08. The van der Waals surface area contributed by atoms with Gasteiger partial charge in [0.25, 0.3) is 0 Å². The van der Waals surface area contributed by atoms with Gasteiger partial charge in [0.1, 0.15) is 17.3 Å². The first-order chi connectivity index (χ1) is 11.5. The molecule has 2 bridgehead atoms. The summed E-state index contributed by atoms with van der Waals surface area (Å²) in [6.45, 7) is 2.34. The van der Waals surface area contributed by atoms with Gasteiger partial charge in [0, 0.05) is 0 Å². The highest BCUT2D eigenvalue weighted by Crippen LogP contribution is 2.53. The van der Waals surface area contributed by atoms with Crippen LogP contribution in [-0.4, -0.2) is 47.2 Å². The lowest BCUT2D eigenvalue weighted by atomic mass is 9.77. The summed E-state index contributed by atoms with van der Waals surface area (Å²) in [5, 5.41) is 9.50. The average molecular weight is 329 g/mol. The molecule has 3 aliphatic rings. The zero-order chi connectivity index (χ0) is 17.1. The van der Waals surface area contributed by atoms with Crippen LogP contribution in [0.2, 0.25) is 0 Å². The molecule has 2 saturated heterocycles. The number of fused-ring (bicyclic) bond motifs is 1. The maximum Gasteiger partial charge on any atom is 0.310 e. The summed E-state index contributed by atoms with van der Waals surface area (Å²) >= 11 is 0. The minimum atomic E-state index is -0.969. The third kappa shape index (κ3) is 1.92. The van der Waals surface area contributed by atoms with Crippen LogP contribution in [0.5, 0.6) is 5.75 Å². The Kier molecular flexibility index (Phi) is 3.22. The largest absolute Gasteiger partial charge is 0.497 e. The van der Waals surface area contributed by atoms with E-state index in [0.717, 1.165) is 11.3 Å². The van der Waals surface area contributed by atoms with Crippen molar-refractivity contribution in [3.8, 4) is 5.75 Å². The van der Waals surface area contributed by atoms with E-state index in [-0.39, 0.29) is 11.9 Å². The first kappa shape index (κ1) is 15.2. The van der Waals surface area contributed by atoms with Crippen LogP contribution in [0, 0.1) is 11.8 Å². The summed E-state index contributed by atoms with van der Waals surface area (Å²) in [5.41, 5.74) is 0.192. The molecule has 0 aliphatic carbocycles. The Morgan fingerprint density at radius 1 is 1.42 bits per heavy atom. The number of hydrogen-bond donors (Lipinski definition) is 1. The number of carboxylic acids is 1. The summed E-state index contributed by atoms with van der Waals surface area (Å²) in [6.07, 6.45) is 3.17. The van der Waals surface area contributed by atoms with Crippen molar-refractivity contribution in [2.24, 2.45) is 11.8 Å². The Morgan fingerprint density at radius 3 is 2.75 bits per heavy atom. The Balaban J connectivity index is 1.63. The van der Waals surface area contributed by atoms with Gasteiger partial charge in [-0.1, -0.05) is 24.3 Å². The van der Waals surface area contributed by atoms with E-state index in [1.807, 2.05) is 37.3 Å². The van der Waals surface area contributed by atoms with Crippen LogP contribution in [0.3, 0.4) is 0 Å².